The maximum absolute atomic E-state index is 5.98. The molecule has 3 atom stereocenters. The predicted octanol–water partition coefficient (Wildman–Crippen LogP) is 0.850. The van der Waals surface area contributed by atoms with Gasteiger partial charge in [-0.1, -0.05) is 0 Å². The fourth-order valence-electron chi connectivity index (χ4n) is 2.59. The zero-order valence-electron chi connectivity index (χ0n) is 10.8. The molecule has 0 aromatic carbocycles. The van der Waals surface area contributed by atoms with Crippen LogP contribution in [0.4, 0.5) is 0 Å². The Kier molecular flexibility index (Phi) is 6.28. The maximum atomic E-state index is 5.98. The summed E-state index contributed by atoms with van der Waals surface area (Å²) in [6.45, 7) is 4.73. The summed E-state index contributed by atoms with van der Waals surface area (Å²) in [6, 6.07) is 1.43. The van der Waals surface area contributed by atoms with Crippen molar-refractivity contribution in [1.82, 2.24) is 4.90 Å². The topological polar surface area (TPSA) is 47.7 Å². The zero-order chi connectivity index (χ0) is 12.0. The molecule has 0 spiro atoms. The maximum Gasteiger partial charge on any atom is 0.0615 e. The first-order chi connectivity index (χ1) is 7.69. The lowest BCUT2D eigenvalue weighted by atomic mass is 10.1. The molecular formula is C12H26N2O2. The van der Waals surface area contributed by atoms with Crippen molar-refractivity contribution in [2.24, 2.45) is 5.73 Å². The summed E-state index contributed by atoms with van der Waals surface area (Å²) < 4.78 is 10.4. The van der Waals surface area contributed by atoms with Gasteiger partial charge in [-0.05, 0) is 26.2 Å². The molecule has 4 nitrogen and oxygen atoms in total. The first-order valence-electron chi connectivity index (χ1n) is 6.18. The molecule has 0 heterocycles. The number of nitrogens with zero attached hydrogens (tertiary/aromatic N) is 1. The molecule has 0 amide bonds. The minimum atomic E-state index is 0.379. The van der Waals surface area contributed by atoms with Gasteiger partial charge >= 0.3 is 0 Å². The highest BCUT2D eigenvalue weighted by atomic mass is 16.5. The molecular weight excluding hydrogens is 204 g/mol. The predicted molar refractivity (Wildman–Crippen MR) is 65.5 cm³/mol. The number of hydrogen-bond acceptors (Lipinski definition) is 4. The second-order valence-corrected chi connectivity index (χ2v) is 4.76. The molecule has 0 aromatic heterocycles. The molecule has 0 bridgehead atoms. The van der Waals surface area contributed by atoms with E-state index in [0.717, 1.165) is 32.6 Å². The summed E-state index contributed by atoms with van der Waals surface area (Å²) in [6.07, 6.45) is 3.46. The third kappa shape index (κ3) is 4.01. The molecule has 2 N–H and O–H groups in total. The van der Waals surface area contributed by atoms with Crippen LogP contribution in [0.25, 0.3) is 0 Å². The third-order valence-corrected chi connectivity index (χ3v) is 3.44. The molecule has 96 valence electrons. The summed E-state index contributed by atoms with van der Waals surface area (Å²) in [7, 11) is 3.50. The lowest BCUT2D eigenvalue weighted by molar-refractivity contribution is 0.0483. The molecule has 3 unspecified atom stereocenters. The minimum Gasteiger partial charge on any atom is -0.383 e. The van der Waals surface area contributed by atoms with Gasteiger partial charge in [0.2, 0.25) is 0 Å². The van der Waals surface area contributed by atoms with Crippen LogP contribution in [-0.4, -0.2) is 57.0 Å². The van der Waals surface area contributed by atoms with E-state index in [1.165, 1.54) is 6.42 Å². The summed E-state index contributed by atoms with van der Waals surface area (Å²) >= 11 is 0. The van der Waals surface area contributed by atoms with E-state index in [1.54, 1.807) is 14.2 Å². The van der Waals surface area contributed by atoms with Crippen LogP contribution in [0.2, 0.25) is 0 Å². The van der Waals surface area contributed by atoms with Gasteiger partial charge in [0.15, 0.2) is 0 Å². The van der Waals surface area contributed by atoms with E-state index in [-0.39, 0.29) is 0 Å². The summed E-state index contributed by atoms with van der Waals surface area (Å²) in [4.78, 5) is 2.49. The Morgan fingerprint density at radius 3 is 2.56 bits per heavy atom. The molecule has 4 heteroatoms. The van der Waals surface area contributed by atoms with Gasteiger partial charge in [-0.2, -0.15) is 0 Å². The summed E-state index contributed by atoms with van der Waals surface area (Å²) in [5.41, 5.74) is 5.98. The average Bonchev–Trinajstić information content (AvgIpc) is 2.66. The highest BCUT2D eigenvalue weighted by molar-refractivity contribution is 4.87. The van der Waals surface area contributed by atoms with Gasteiger partial charge in [-0.3, -0.25) is 4.90 Å². The van der Waals surface area contributed by atoms with Crippen LogP contribution in [-0.2, 0) is 9.47 Å². The molecule has 1 rings (SSSR count). The standard InChI is InChI=1S/C12H26N2O2/c1-10(9-16-3)14(6-7-15-2)12-5-4-11(13)8-12/h10-12H,4-9,13H2,1-3H3. The lowest BCUT2D eigenvalue weighted by Crippen LogP contribution is -2.45. The number of ether oxygens (including phenoxy) is 2. The van der Waals surface area contributed by atoms with Gasteiger partial charge < -0.3 is 15.2 Å². The van der Waals surface area contributed by atoms with E-state index < -0.39 is 0 Å². The first kappa shape index (κ1) is 13.9. The van der Waals surface area contributed by atoms with Crippen molar-refractivity contribution in [1.29, 1.82) is 0 Å². The highest BCUT2D eigenvalue weighted by Crippen LogP contribution is 2.24. The average molecular weight is 230 g/mol. The summed E-state index contributed by atoms with van der Waals surface area (Å²) in [5, 5.41) is 0. The highest BCUT2D eigenvalue weighted by Gasteiger charge is 2.29. The fraction of sp³-hybridized carbons (Fsp3) is 1.00. The fourth-order valence-corrected chi connectivity index (χ4v) is 2.59. The molecule has 0 aliphatic heterocycles. The van der Waals surface area contributed by atoms with E-state index in [0.29, 0.717) is 18.1 Å². The van der Waals surface area contributed by atoms with Crippen LogP contribution in [0, 0.1) is 0 Å². The second-order valence-electron chi connectivity index (χ2n) is 4.76. The van der Waals surface area contributed by atoms with Gasteiger partial charge in [0.1, 0.15) is 0 Å². The van der Waals surface area contributed by atoms with Crippen molar-refractivity contribution in [3.8, 4) is 0 Å². The van der Waals surface area contributed by atoms with Crippen LogP contribution < -0.4 is 5.73 Å². The van der Waals surface area contributed by atoms with E-state index in [1.807, 2.05) is 0 Å². The van der Waals surface area contributed by atoms with E-state index in [2.05, 4.69) is 11.8 Å². The normalized spacial score (nSPS) is 27.6. The van der Waals surface area contributed by atoms with E-state index in [4.69, 9.17) is 15.2 Å². The van der Waals surface area contributed by atoms with Gasteiger partial charge in [0.05, 0.1) is 13.2 Å². The smallest absolute Gasteiger partial charge is 0.0615 e. The van der Waals surface area contributed by atoms with Crippen molar-refractivity contribution in [2.45, 2.75) is 44.3 Å². The Hall–Kier alpha value is -0.160. The van der Waals surface area contributed by atoms with Crippen molar-refractivity contribution in [3.05, 3.63) is 0 Å². The van der Waals surface area contributed by atoms with Crippen molar-refractivity contribution < 1.29 is 9.47 Å². The van der Waals surface area contributed by atoms with Crippen LogP contribution in [0.15, 0.2) is 0 Å². The Morgan fingerprint density at radius 2 is 2.06 bits per heavy atom. The molecule has 0 saturated heterocycles. The van der Waals surface area contributed by atoms with Gasteiger partial charge in [0.25, 0.3) is 0 Å². The van der Waals surface area contributed by atoms with Gasteiger partial charge in [-0.25, -0.2) is 0 Å². The monoisotopic (exact) mass is 230 g/mol. The lowest BCUT2D eigenvalue weighted by Gasteiger charge is -2.34. The van der Waals surface area contributed by atoms with Crippen LogP contribution in [0.5, 0.6) is 0 Å². The van der Waals surface area contributed by atoms with Crippen molar-refractivity contribution in [2.75, 3.05) is 34.0 Å². The van der Waals surface area contributed by atoms with Crippen LogP contribution in [0.3, 0.4) is 0 Å². The van der Waals surface area contributed by atoms with Crippen LogP contribution in [0.1, 0.15) is 26.2 Å². The van der Waals surface area contributed by atoms with E-state index >= 15 is 0 Å². The van der Waals surface area contributed by atoms with Crippen molar-refractivity contribution >= 4 is 0 Å². The molecule has 1 fully saturated rings. The molecule has 1 aliphatic carbocycles. The van der Waals surface area contributed by atoms with Crippen LogP contribution >= 0.6 is 0 Å². The number of nitrogens with two attached hydrogens (primary N) is 1. The number of rotatable bonds is 7. The second kappa shape index (κ2) is 7.22. The first-order valence-corrected chi connectivity index (χ1v) is 6.18. The number of hydrogen-bond donors (Lipinski definition) is 1. The van der Waals surface area contributed by atoms with Gasteiger partial charge in [-0.15, -0.1) is 0 Å². The molecule has 16 heavy (non-hydrogen) atoms. The Balaban J connectivity index is 2.48. The third-order valence-electron chi connectivity index (χ3n) is 3.44. The molecule has 1 aliphatic rings. The Bertz CT molecular complexity index is 190. The molecule has 0 aromatic rings. The largest absolute Gasteiger partial charge is 0.383 e. The SMILES string of the molecule is COCCN(C(C)COC)C1CCC(N)C1. The molecule has 1 saturated carbocycles. The minimum absolute atomic E-state index is 0.379. The van der Waals surface area contributed by atoms with Crippen molar-refractivity contribution in [3.63, 3.8) is 0 Å². The summed E-state index contributed by atoms with van der Waals surface area (Å²) in [5.74, 6) is 0. The van der Waals surface area contributed by atoms with Gasteiger partial charge in [0, 0.05) is 38.9 Å². The van der Waals surface area contributed by atoms with E-state index in [9.17, 15) is 0 Å². The Morgan fingerprint density at radius 1 is 1.31 bits per heavy atom. The zero-order valence-corrected chi connectivity index (χ0v) is 10.8. The molecule has 0 radical (unpaired) electrons. The number of methoxy groups -OCH3 is 2. The Labute approximate surface area is 99.1 Å². The quantitative estimate of drug-likeness (QED) is 0.704.